The molecule has 0 saturated carbocycles. The Morgan fingerprint density at radius 1 is 1.00 bits per heavy atom. The number of rotatable bonds is 0. The van der Waals surface area contributed by atoms with Gasteiger partial charge in [-0.15, -0.1) is 0 Å². The number of benzene rings is 1. The van der Waals surface area contributed by atoms with Crippen molar-refractivity contribution in [2.45, 2.75) is 12.6 Å². The Morgan fingerprint density at radius 2 is 1.50 bits per heavy atom. The lowest BCUT2D eigenvalue weighted by Crippen LogP contribution is -1.96. The fourth-order valence-corrected chi connectivity index (χ4v) is 1.67. The second-order valence-corrected chi connectivity index (χ2v) is 3.18. The molecule has 14 heavy (non-hydrogen) atoms. The van der Waals surface area contributed by atoms with E-state index in [0.29, 0.717) is 22.6 Å². The summed E-state index contributed by atoms with van der Waals surface area (Å²) in [5.41, 5.74) is 1.06. The number of hydrogen-bond acceptors (Lipinski definition) is 5. The molecule has 0 bridgehead atoms. The van der Waals surface area contributed by atoms with Gasteiger partial charge in [0.05, 0.1) is 0 Å². The Labute approximate surface area is 79.4 Å². The van der Waals surface area contributed by atoms with E-state index in [1.54, 1.807) is 12.1 Å². The minimum absolute atomic E-state index is 0.172. The number of ether oxygens (including phenoxy) is 3. The molecule has 3 rings (SSSR count). The van der Waals surface area contributed by atoms with E-state index in [2.05, 4.69) is 0 Å². The van der Waals surface area contributed by atoms with E-state index in [1.165, 1.54) is 0 Å². The highest BCUT2D eigenvalue weighted by Crippen LogP contribution is 2.43. The van der Waals surface area contributed by atoms with E-state index >= 15 is 0 Å². The maximum atomic E-state index is 9.40. The highest BCUT2D eigenvalue weighted by molar-refractivity contribution is 5.50. The van der Waals surface area contributed by atoms with Gasteiger partial charge in [0.15, 0.2) is 24.1 Å². The smallest absolute Gasteiger partial charge is 0.231 e. The average molecular weight is 196 g/mol. The van der Waals surface area contributed by atoms with E-state index in [-0.39, 0.29) is 6.79 Å². The molecule has 0 amide bonds. The molecular weight excluding hydrogens is 188 g/mol. The van der Waals surface area contributed by atoms with Crippen molar-refractivity contribution in [1.82, 2.24) is 0 Å². The van der Waals surface area contributed by atoms with Crippen LogP contribution >= 0.6 is 0 Å². The van der Waals surface area contributed by atoms with Crippen LogP contribution in [0.15, 0.2) is 12.1 Å². The van der Waals surface area contributed by atoms with Gasteiger partial charge in [-0.2, -0.15) is 0 Å². The highest BCUT2D eigenvalue weighted by Gasteiger charge is 2.32. The van der Waals surface area contributed by atoms with Crippen molar-refractivity contribution in [3.8, 4) is 11.5 Å². The third-order valence-electron chi connectivity index (χ3n) is 2.37. The number of hydrogen-bond donors (Lipinski definition) is 2. The molecule has 0 aliphatic carbocycles. The van der Waals surface area contributed by atoms with Crippen LogP contribution in [-0.4, -0.2) is 17.0 Å². The Balaban J connectivity index is 2.17. The van der Waals surface area contributed by atoms with Crippen LogP contribution in [0.3, 0.4) is 0 Å². The number of fused-ring (bicyclic) bond motifs is 2. The van der Waals surface area contributed by atoms with E-state index in [9.17, 15) is 10.2 Å². The van der Waals surface area contributed by atoms with Crippen LogP contribution in [-0.2, 0) is 4.74 Å². The zero-order valence-corrected chi connectivity index (χ0v) is 7.14. The lowest BCUT2D eigenvalue weighted by molar-refractivity contribution is -0.193. The van der Waals surface area contributed by atoms with Crippen molar-refractivity contribution < 1.29 is 24.4 Å². The zero-order valence-electron chi connectivity index (χ0n) is 7.14. The second kappa shape index (κ2) is 2.60. The van der Waals surface area contributed by atoms with E-state index in [1.807, 2.05) is 0 Å². The van der Waals surface area contributed by atoms with Crippen molar-refractivity contribution in [1.29, 1.82) is 0 Å². The summed E-state index contributed by atoms with van der Waals surface area (Å²) in [6.45, 7) is 0.172. The van der Waals surface area contributed by atoms with Crippen LogP contribution < -0.4 is 9.47 Å². The number of aliphatic hydroxyl groups is 2. The Bertz CT molecular complexity index is 354. The molecule has 2 N–H and O–H groups in total. The van der Waals surface area contributed by atoms with Gasteiger partial charge >= 0.3 is 0 Å². The van der Waals surface area contributed by atoms with Gasteiger partial charge in [0.25, 0.3) is 0 Å². The molecule has 1 aromatic rings. The summed E-state index contributed by atoms with van der Waals surface area (Å²) in [4.78, 5) is 0. The molecular formula is C9H8O5. The van der Waals surface area contributed by atoms with E-state index in [0.717, 1.165) is 0 Å². The first-order valence-corrected chi connectivity index (χ1v) is 4.21. The van der Waals surface area contributed by atoms with Crippen molar-refractivity contribution >= 4 is 0 Å². The van der Waals surface area contributed by atoms with Crippen LogP contribution in [0.5, 0.6) is 11.5 Å². The summed E-state index contributed by atoms with van der Waals surface area (Å²) < 4.78 is 15.1. The topological polar surface area (TPSA) is 68.2 Å². The summed E-state index contributed by atoms with van der Waals surface area (Å²) in [6, 6.07) is 3.25. The van der Waals surface area contributed by atoms with Crippen LogP contribution in [0.2, 0.25) is 0 Å². The van der Waals surface area contributed by atoms with Gasteiger partial charge in [-0.1, -0.05) is 0 Å². The first kappa shape index (κ1) is 8.05. The van der Waals surface area contributed by atoms with Crippen molar-refractivity contribution in [2.75, 3.05) is 6.79 Å². The minimum Gasteiger partial charge on any atom is -0.454 e. The van der Waals surface area contributed by atoms with Crippen LogP contribution in [0.25, 0.3) is 0 Å². The van der Waals surface area contributed by atoms with Gasteiger partial charge in [0, 0.05) is 11.1 Å². The van der Waals surface area contributed by atoms with Crippen molar-refractivity contribution in [2.24, 2.45) is 0 Å². The van der Waals surface area contributed by atoms with Gasteiger partial charge in [0.1, 0.15) is 0 Å². The lowest BCUT2D eigenvalue weighted by Gasteiger charge is -2.02. The summed E-state index contributed by atoms with van der Waals surface area (Å²) in [5, 5.41) is 18.8. The molecule has 0 saturated heterocycles. The Hall–Kier alpha value is -1.30. The average Bonchev–Trinajstić information content (AvgIpc) is 2.70. The molecule has 1 aromatic carbocycles. The molecule has 2 atom stereocenters. The Kier molecular flexibility index (Phi) is 1.49. The summed E-state index contributed by atoms with van der Waals surface area (Å²) in [6.07, 6.45) is -2.18. The quantitative estimate of drug-likeness (QED) is 0.629. The molecule has 2 aliphatic heterocycles. The van der Waals surface area contributed by atoms with Crippen LogP contribution in [0.1, 0.15) is 23.7 Å². The molecule has 0 fully saturated rings. The van der Waals surface area contributed by atoms with Gasteiger partial charge in [0.2, 0.25) is 6.79 Å². The highest BCUT2D eigenvalue weighted by atomic mass is 16.7. The first-order chi connectivity index (χ1) is 6.75. The second-order valence-electron chi connectivity index (χ2n) is 3.18. The molecule has 0 spiro atoms. The SMILES string of the molecule is OC1OC(O)c2cc3c(cc21)OCO3. The molecule has 2 aliphatic rings. The van der Waals surface area contributed by atoms with E-state index < -0.39 is 12.6 Å². The fourth-order valence-electron chi connectivity index (χ4n) is 1.67. The molecule has 5 heteroatoms. The molecule has 2 heterocycles. The predicted octanol–water partition coefficient (Wildman–Crippen LogP) is 0.427. The summed E-state index contributed by atoms with van der Waals surface area (Å²) >= 11 is 0. The number of aliphatic hydroxyl groups excluding tert-OH is 2. The molecule has 0 aromatic heterocycles. The molecule has 74 valence electrons. The van der Waals surface area contributed by atoms with Crippen molar-refractivity contribution in [3.63, 3.8) is 0 Å². The Morgan fingerprint density at radius 3 is 2.00 bits per heavy atom. The molecule has 2 unspecified atom stereocenters. The first-order valence-electron chi connectivity index (χ1n) is 4.21. The molecule has 0 radical (unpaired) electrons. The van der Waals surface area contributed by atoms with Crippen LogP contribution in [0, 0.1) is 0 Å². The largest absolute Gasteiger partial charge is 0.454 e. The van der Waals surface area contributed by atoms with Gasteiger partial charge in [-0.05, 0) is 12.1 Å². The predicted molar refractivity (Wildman–Crippen MR) is 43.6 cm³/mol. The standard InChI is InChI=1S/C9H8O5/c10-8-4-1-6-7(13-3-12-6)2-5(4)9(11)14-8/h1-2,8-11H,3H2. The van der Waals surface area contributed by atoms with Gasteiger partial charge in [-0.3, -0.25) is 0 Å². The van der Waals surface area contributed by atoms with E-state index in [4.69, 9.17) is 14.2 Å². The third kappa shape index (κ3) is 0.942. The van der Waals surface area contributed by atoms with Crippen molar-refractivity contribution in [3.05, 3.63) is 23.3 Å². The molecule has 5 nitrogen and oxygen atoms in total. The van der Waals surface area contributed by atoms with Gasteiger partial charge < -0.3 is 24.4 Å². The maximum Gasteiger partial charge on any atom is 0.231 e. The minimum atomic E-state index is -1.09. The summed E-state index contributed by atoms with van der Waals surface area (Å²) in [7, 11) is 0. The lowest BCUT2D eigenvalue weighted by atomic mass is 10.1. The summed E-state index contributed by atoms with van der Waals surface area (Å²) in [5.74, 6) is 1.14. The third-order valence-corrected chi connectivity index (χ3v) is 2.37. The van der Waals surface area contributed by atoms with Crippen LogP contribution in [0.4, 0.5) is 0 Å². The van der Waals surface area contributed by atoms with Gasteiger partial charge in [-0.25, -0.2) is 0 Å². The monoisotopic (exact) mass is 196 g/mol. The zero-order chi connectivity index (χ0) is 9.71. The fraction of sp³-hybridized carbons (Fsp3) is 0.333. The maximum absolute atomic E-state index is 9.40. The normalized spacial score (nSPS) is 27.9.